The van der Waals surface area contributed by atoms with Crippen LogP contribution in [0.2, 0.25) is 0 Å². The molecule has 5 heteroatoms. The molecule has 0 bridgehead atoms. The number of likely N-dealkylation sites (tertiary alicyclic amines) is 1. The van der Waals surface area contributed by atoms with Crippen molar-refractivity contribution in [2.45, 2.75) is 37.6 Å². The summed E-state index contributed by atoms with van der Waals surface area (Å²) in [6.07, 6.45) is 6.21. The van der Waals surface area contributed by atoms with Gasteiger partial charge in [-0.05, 0) is 42.9 Å². The normalized spacial score (nSPS) is 20.6. The first-order chi connectivity index (χ1) is 11.6. The van der Waals surface area contributed by atoms with E-state index in [1.165, 1.54) is 29.7 Å². The number of nitrogens with zero attached hydrogens (tertiary/aromatic N) is 2. The predicted molar refractivity (Wildman–Crippen MR) is 95.0 cm³/mol. The van der Waals surface area contributed by atoms with Gasteiger partial charge >= 0.3 is 6.03 Å². The molecule has 1 N–H and O–H groups in total. The van der Waals surface area contributed by atoms with Crippen molar-refractivity contribution in [3.05, 3.63) is 42.5 Å². The number of benzene rings is 1. The van der Waals surface area contributed by atoms with Crippen LogP contribution in [0.3, 0.4) is 0 Å². The summed E-state index contributed by atoms with van der Waals surface area (Å²) in [6.45, 7) is 4.87. The van der Waals surface area contributed by atoms with Crippen molar-refractivity contribution in [2.24, 2.45) is 0 Å². The fraction of sp³-hybridized carbons (Fsp3) is 0.474. The number of nitrogens with one attached hydrogen (secondary N) is 1. The first-order valence-corrected chi connectivity index (χ1v) is 8.63. The second-order valence-corrected chi connectivity index (χ2v) is 6.67. The van der Waals surface area contributed by atoms with Gasteiger partial charge in [-0.3, -0.25) is 4.79 Å². The first kappa shape index (κ1) is 16.6. The summed E-state index contributed by atoms with van der Waals surface area (Å²) in [5.41, 5.74) is 2.11. The predicted octanol–water partition coefficient (Wildman–Crippen LogP) is 3.20. The van der Waals surface area contributed by atoms with Gasteiger partial charge in [0.05, 0.1) is 0 Å². The molecule has 1 aliphatic heterocycles. The summed E-state index contributed by atoms with van der Waals surface area (Å²) < 4.78 is 0. The van der Waals surface area contributed by atoms with Gasteiger partial charge in [0.2, 0.25) is 5.91 Å². The van der Waals surface area contributed by atoms with E-state index in [0.717, 1.165) is 5.69 Å². The number of hydrogen-bond donors (Lipinski definition) is 1. The van der Waals surface area contributed by atoms with Crippen molar-refractivity contribution in [2.75, 3.05) is 25.5 Å². The van der Waals surface area contributed by atoms with E-state index < -0.39 is 0 Å². The molecular formula is C19H25N3O2. The van der Waals surface area contributed by atoms with Crippen LogP contribution < -0.4 is 5.32 Å². The van der Waals surface area contributed by atoms with Gasteiger partial charge in [0.15, 0.2) is 0 Å². The molecule has 1 saturated heterocycles. The lowest BCUT2D eigenvalue weighted by molar-refractivity contribution is -0.130. The molecular weight excluding hydrogens is 302 g/mol. The van der Waals surface area contributed by atoms with Gasteiger partial charge in [0.1, 0.15) is 6.04 Å². The minimum Gasteiger partial charge on any atom is -0.337 e. The fourth-order valence-corrected chi connectivity index (χ4v) is 3.35. The summed E-state index contributed by atoms with van der Waals surface area (Å²) >= 11 is 0. The standard InChI is InChI=1S/C19H25N3O2/c1-3-12-22-13-11-17(18(22)23)21(2)19(24)20-16-9-7-15(8-10-16)14-5-4-6-14/h3,7-10,14,17H,1,4-6,11-13H2,2H3,(H,20,24)/t17-/m0/s1. The Bertz CT molecular complexity index is 622. The second-order valence-electron chi connectivity index (χ2n) is 6.67. The number of likely N-dealkylation sites (N-methyl/N-ethyl adjacent to an activating group) is 1. The summed E-state index contributed by atoms with van der Waals surface area (Å²) in [6, 6.07) is 7.43. The zero-order valence-electron chi connectivity index (χ0n) is 14.2. The highest BCUT2D eigenvalue weighted by Gasteiger charge is 2.35. The molecule has 2 fully saturated rings. The molecule has 0 unspecified atom stereocenters. The number of carbonyl (C=O) groups is 2. The molecule has 1 aromatic rings. The van der Waals surface area contributed by atoms with Crippen molar-refractivity contribution in [1.82, 2.24) is 9.80 Å². The van der Waals surface area contributed by atoms with Crippen LogP contribution in [0, 0.1) is 0 Å². The lowest BCUT2D eigenvalue weighted by atomic mass is 9.80. The van der Waals surface area contributed by atoms with Crippen LogP contribution in [-0.2, 0) is 4.79 Å². The SMILES string of the molecule is C=CCN1CC[C@H](N(C)C(=O)Nc2ccc(C3CCC3)cc2)C1=O. The van der Waals surface area contributed by atoms with E-state index in [1.807, 2.05) is 12.1 Å². The van der Waals surface area contributed by atoms with E-state index in [1.54, 1.807) is 18.0 Å². The van der Waals surface area contributed by atoms with E-state index in [4.69, 9.17) is 0 Å². The van der Waals surface area contributed by atoms with E-state index in [2.05, 4.69) is 24.0 Å². The third-order valence-corrected chi connectivity index (χ3v) is 5.15. The zero-order valence-corrected chi connectivity index (χ0v) is 14.2. The molecule has 0 radical (unpaired) electrons. The van der Waals surface area contributed by atoms with Gasteiger partial charge in [-0.15, -0.1) is 6.58 Å². The number of amides is 3. The number of anilines is 1. The molecule has 5 nitrogen and oxygen atoms in total. The van der Waals surface area contributed by atoms with Crippen LogP contribution in [-0.4, -0.2) is 47.9 Å². The lowest BCUT2D eigenvalue weighted by Crippen LogP contribution is -2.44. The zero-order chi connectivity index (χ0) is 17.1. The molecule has 24 heavy (non-hydrogen) atoms. The average molecular weight is 327 g/mol. The molecule has 0 aromatic heterocycles. The Kier molecular flexibility index (Phi) is 4.88. The number of carbonyl (C=O) groups excluding carboxylic acids is 2. The molecule has 1 aromatic carbocycles. The van der Waals surface area contributed by atoms with E-state index in [-0.39, 0.29) is 18.0 Å². The summed E-state index contributed by atoms with van der Waals surface area (Å²) in [4.78, 5) is 28.0. The molecule has 1 atom stereocenters. The molecule has 3 amide bonds. The molecule has 3 rings (SSSR count). The highest BCUT2D eigenvalue weighted by atomic mass is 16.2. The summed E-state index contributed by atoms with van der Waals surface area (Å²) in [5, 5.41) is 2.88. The van der Waals surface area contributed by atoms with Crippen LogP contribution in [0.5, 0.6) is 0 Å². The van der Waals surface area contributed by atoms with Crippen LogP contribution in [0.15, 0.2) is 36.9 Å². The van der Waals surface area contributed by atoms with Crippen LogP contribution >= 0.6 is 0 Å². The van der Waals surface area contributed by atoms with Gasteiger partial charge in [-0.25, -0.2) is 4.79 Å². The maximum Gasteiger partial charge on any atom is 0.322 e. The highest BCUT2D eigenvalue weighted by Crippen LogP contribution is 2.36. The van der Waals surface area contributed by atoms with E-state index in [0.29, 0.717) is 25.4 Å². The van der Waals surface area contributed by atoms with Crippen LogP contribution in [0.25, 0.3) is 0 Å². The Morgan fingerprint density at radius 2 is 2.04 bits per heavy atom. The third kappa shape index (κ3) is 3.30. The quantitative estimate of drug-likeness (QED) is 0.844. The Labute approximate surface area is 143 Å². The maximum atomic E-state index is 12.4. The molecule has 128 valence electrons. The van der Waals surface area contributed by atoms with Crippen molar-refractivity contribution >= 4 is 17.6 Å². The van der Waals surface area contributed by atoms with Crippen molar-refractivity contribution in [3.63, 3.8) is 0 Å². The fourth-order valence-electron chi connectivity index (χ4n) is 3.35. The van der Waals surface area contributed by atoms with E-state index in [9.17, 15) is 9.59 Å². The van der Waals surface area contributed by atoms with Crippen LogP contribution in [0.4, 0.5) is 10.5 Å². The Hall–Kier alpha value is -2.30. The van der Waals surface area contributed by atoms with Gasteiger partial charge < -0.3 is 15.1 Å². The molecule has 0 spiro atoms. The number of urea groups is 1. The smallest absolute Gasteiger partial charge is 0.322 e. The third-order valence-electron chi connectivity index (χ3n) is 5.15. The minimum absolute atomic E-state index is 0.00659. The maximum absolute atomic E-state index is 12.4. The lowest BCUT2D eigenvalue weighted by Gasteiger charge is -2.26. The number of hydrogen-bond acceptors (Lipinski definition) is 2. The Morgan fingerprint density at radius 1 is 1.33 bits per heavy atom. The summed E-state index contributed by atoms with van der Waals surface area (Å²) in [7, 11) is 1.68. The van der Waals surface area contributed by atoms with E-state index >= 15 is 0 Å². The average Bonchev–Trinajstić information content (AvgIpc) is 2.88. The van der Waals surface area contributed by atoms with Crippen molar-refractivity contribution < 1.29 is 9.59 Å². The minimum atomic E-state index is -0.390. The van der Waals surface area contributed by atoms with Crippen LogP contribution in [0.1, 0.15) is 37.2 Å². The molecule has 1 saturated carbocycles. The van der Waals surface area contributed by atoms with Gasteiger partial charge in [-0.2, -0.15) is 0 Å². The summed E-state index contributed by atoms with van der Waals surface area (Å²) in [5.74, 6) is 0.678. The largest absolute Gasteiger partial charge is 0.337 e. The highest BCUT2D eigenvalue weighted by molar-refractivity contribution is 5.94. The van der Waals surface area contributed by atoms with Gasteiger partial charge in [0.25, 0.3) is 0 Å². The van der Waals surface area contributed by atoms with Gasteiger partial charge in [-0.1, -0.05) is 24.6 Å². The Balaban J connectivity index is 1.58. The topological polar surface area (TPSA) is 52.6 Å². The van der Waals surface area contributed by atoms with Gasteiger partial charge in [0, 0.05) is 25.8 Å². The Morgan fingerprint density at radius 3 is 2.62 bits per heavy atom. The monoisotopic (exact) mass is 327 g/mol. The molecule has 1 aliphatic carbocycles. The first-order valence-electron chi connectivity index (χ1n) is 8.63. The number of rotatable bonds is 5. The molecule has 1 heterocycles. The molecule has 2 aliphatic rings. The van der Waals surface area contributed by atoms with Crippen molar-refractivity contribution in [3.8, 4) is 0 Å². The van der Waals surface area contributed by atoms with Crippen molar-refractivity contribution in [1.29, 1.82) is 0 Å². The second kappa shape index (κ2) is 7.07.